The second kappa shape index (κ2) is 14.6. The van der Waals surface area contributed by atoms with E-state index in [0.717, 1.165) is 53.8 Å². The van der Waals surface area contributed by atoms with Gasteiger partial charge in [0.1, 0.15) is 11.4 Å². The lowest BCUT2D eigenvalue weighted by Crippen LogP contribution is -2.44. The summed E-state index contributed by atoms with van der Waals surface area (Å²) < 4.78 is 13.0. The van der Waals surface area contributed by atoms with Crippen LogP contribution in [0.2, 0.25) is 0 Å². The zero-order valence-electron chi connectivity index (χ0n) is 23.6. The van der Waals surface area contributed by atoms with Gasteiger partial charge in [0.15, 0.2) is 0 Å². The number of methoxy groups -OCH3 is 1. The molecule has 0 fully saturated rings. The molecular formula is C34H40N2O4. The van der Waals surface area contributed by atoms with E-state index in [0.29, 0.717) is 38.5 Å². The number of unbranched alkanes of at least 4 members (excludes halogenated alkanes) is 3. The highest BCUT2D eigenvalue weighted by molar-refractivity contribution is 5.86. The zero-order chi connectivity index (χ0) is 28.2. The third-order valence-corrected chi connectivity index (χ3v) is 7.37. The summed E-state index contributed by atoms with van der Waals surface area (Å²) in [6.45, 7) is 3.34. The van der Waals surface area contributed by atoms with E-state index in [1.807, 2.05) is 95.6 Å². The Labute approximate surface area is 237 Å². The molecule has 0 saturated heterocycles. The summed E-state index contributed by atoms with van der Waals surface area (Å²) in [5, 5.41) is 11.1. The predicted molar refractivity (Wildman–Crippen MR) is 160 cm³/mol. The van der Waals surface area contributed by atoms with Crippen molar-refractivity contribution in [1.29, 1.82) is 0 Å². The summed E-state index contributed by atoms with van der Waals surface area (Å²) in [7, 11) is 1.63. The molecule has 0 radical (unpaired) electrons. The molecule has 1 unspecified atom stereocenters. The van der Waals surface area contributed by atoms with Crippen LogP contribution in [-0.4, -0.2) is 47.6 Å². The lowest BCUT2D eigenvalue weighted by Gasteiger charge is -2.34. The first-order valence-corrected chi connectivity index (χ1v) is 14.2. The molecule has 4 rings (SSSR count). The average molecular weight is 541 g/mol. The standard InChI is InChI=1S/C34H40N2O4/c1-3-4-5-15-22-34(33(37)38,23-24-40-26-25-39-2)36-31(28-18-11-7-12-19-28)30(27-16-9-6-10-17-27)35-32(36)29-20-13-8-14-21-29/h6-14,16-21H,3-5,15,22-26H2,1-2H3,(H,37,38). The van der Waals surface area contributed by atoms with Crippen molar-refractivity contribution in [3.63, 3.8) is 0 Å². The molecule has 1 N–H and O–H groups in total. The summed E-state index contributed by atoms with van der Waals surface area (Å²) in [6.07, 6.45) is 4.68. The highest BCUT2D eigenvalue weighted by atomic mass is 16.5. The van der Waals surface area contributed by atoms with E-state index in [9.17, 15) is 9.90 Å². The van der Waals surface area contributed by atoms with E-state index >= 15 is 0 Å². The Morgan fingerprint density at radius 3 is 1.95 bits per heavy atom. The Morgan fingerprint density at radius 1 is 0.775 bits per heavy atom. The molecule has 6 nitrogen and oxygen atoms in total. The van der Waals surface area contributed by atoms with Crippen molar-refractivity contribution in [3.05, 3.63) is 91.0 Å². The van der Waals surface area contributed by atoms with Crippen LogP contribution in [0.15, 0.2) is 91.0 Å². The number of hydrogen-bond acceptors (Lipinski definition) is 4. The topological polar surface area (TPSA) is 73.6 Å². The first-order valence-electron chi connectivity index (χ1n) is 14.2. The molecule has 4 aromatic rings. The van der Waals surface area contributed by atoms with Gasteiger partial charge in [0.25, 0.3) is 0 Å². The van der Waals surface area contributed by atoms with Crippen LogP contribution < -0.4 is 0 Å². The molecule has 1 atom stereocenters. The normalized spacial score (nSPS) is 12.8. The number of carbonyl (C=O) groups is 1. The minimum absolute atomic E-state index is 0.296. The molecule has 0 saturated carbocycles. The fourth-order valence-electron chi connectivity index (χ4n) is 5.27. The van der Waals surface area contributed by atoms with Gasteiger partial charge in [0.2, 0.25) is 0 Å². The van der Waals surface area contributed by atoms with Crippen LogP contribution in [0.5, 0.6) is 0 Å². The molecule has 0 bridgehead atoms. The summed E-state index contributed by atoms with van der Waals surface area (Å²) in [6, 6.07) is 30.0. The van der Waals surface area contributed by atoms with Gasteiger partial charge in [-0.3, -0.25) is 0 Å². The molecule has 6 heteroatoms. The van der Waals surface area contributed by atoms with Gasteiger partial charge in [-0.25, -0.2) is 9.78 Å². The highest BCUT2D eigenvalue weighted by Gasteiger charge is 2.44. The minimum Gasteiger partial charge on any atom is -0.479 e. The van der Waals surface area contributed by atoms with E-state index in [1.54, 1.807) is 7.11 Å². The number of aliphatic carboxylic acids is 1. The minimum atomic E-state index is -1.27. The molecule has 0 aliphatic carbocycles. The average Bonchev–Trinajstić information content (AvgIpc) is 3.40. The van der Waals surface area contributed by atoms with Crippen LogP contribution in [0.3, 0.4) is 0 Å². The molecule has 3 aromatic carbocycles. The molecule has 210 valence electrons. The molecule has 0 aliphatic heterocycles. The van der Waals surface area contributed by atoms with Crippen molar-refractivity contribution in [3.8, 4) is 33.9 Å². The van der Waals surface area contributed by atoms with Gasteiger partial charge in [0, 0.05) is 36.8 Å². The predicted octanol–water partition coefficient (Wildman–Crippen LogP) is 7.69. The van der Waals surface area contributed by atoms with Crippen LogP contribution in [0, 0.1) is 0 Å². The second-order valence-corrected chi connectivity index (χ2v) is 10.1. The number of benzene rings is 3. The van der Waals surface area contributed by atoms with E-state index in [-0.39, 0.29) is 0 Å². The first-order chi connectivity index (χ1) is 19.6. The summed E-state index contributed by atoms with van der Waals surface area (Å²) in [4.78, 5) is 18.8. The van der Waals surface area contributed by atoms with Crippen molar-refractivity contribution < 1.29 is 19.4 Å². The molecular weight excluding hydrogens is 500 g/mol. The zero-order valence-corrected chi connectivity index (χ0v) is 23.6. The van der Waals surface area contributed by atoms with Gasteiger partial charge < -0.3 is 19.1 Å². The van der Waals surface area contributed by atoms with E-state index in [2.05, 4.69) is 6.92 Å². The van der Waals surface area contributed by atoms with Crippen LogP contribution in [-0.2, 0) is 19.8 Å². The van der Waals surface area contributed by atoms with E-state index < -0.39 is 11.5 Å². The van der Waals surface area contributed by atoms with Gasteiger partial charge in [-0.2, -0.15) is 0 Å². The maximum Gasteiger partial charge on any atom is 0.330 e. The lowest BCUT2D eigenvalue weighted by molar-refractivity contribution is -0.149. The summed E-state index contributed by atoms with van der Waals surface area (Å²) in [5.74, 6) is -0.223. The Morgan fingerprint density at radius 2 is 1.38 bits per heavy atom. The first kappa shape index (κ1) is 29.2. The van der Waals surface area contributed by atoms with Crippen molar-refractivity contribution in [1.82, 2.24) is 9.55 Å². The largest absolute Gasteiger partial charge is 0.479 e. The fourth-order valence-corrected chi connectivity index (χ4v) is 5.27. The maximum absolute atomic E-state index is 13.6. The van der Waals surface area contributed by atoms with Gasteiger partial charge in [-0.15, -0.1) is 0 Å². The van der Waals surface area contributed by atoms with Crippen molar-refractivity contribution in [2.24, 2.45) is 0 Å². The Hall–Kier alpha value is -3.74. The molecule has 1 aromatic heterocycles. The van der Waals surface area contributed by atoms with Gasteiger partial charge in [-0.1, -0.05) is 124 Å². The van der Waals surface area contributed by atoms with Crippen molar-refractivity contribution in [2.45, 2.75) is 51.0 Å². The molecule has 0 aliphatic rings. The maximum atomic E-state index is 13.6. The number of ether oxygens (including phenoxy) is 2. The highest BCUT2D eigenvalue weighted by Crippen LogP contribution is 2.43. The Balaban J connectivity index is 2.00. The molecule has 40 heavy (non-hydrogen) atoms. The van der Waals surface area contributed by atoms with Gasteiger partial charge in [0.05, 0.1) is 24.6 Å². The van der Waals surface area contributed by atoms with Gasteiger partial charge >= 0.3 is 5.97 Å². The number of rotatable bonds is 16. The Bertz CT molecular complexity index is 1320. The number of nitrogens with zero attached hydrogens (tertiary/aromatic N) is 2. The monoisotopic (exact) mass is 540 g/mol. The number of carboxylic acids is 1. The Kier molecular flexibility index (Phi) is 10.7. The number of hydrogen-bond donors (Lipinski definition) is 1. The van der Waals surface area contributed by atoms with Crippen molar-refractivity contribution in [2.75, 3.05) is 26.9 Å². The number of carboxylic acid groups (broad SMARTS) is 1. The van der Waals surface area contributed by atoms with Crippen LogP contribution in [0.4, 0.5) is 0 Å². The van der Waals surface area contributed by atoms with E-state index in [1.165, 1.54) is 0 Å². The lowest BCUT2D eigenvalue weighted by atomic mass is 9.86. The third kappa shape index (κ3) is 6.69. The van der Waals surface area contributed by atoms with Crippen LogP contribution >= 0.6 is 0 Å². The smallest absolute Gasteiger partial charge is 0.330 e. The molecule has 1 heterocycles. The quantitative estimate of drug-likeness (QED) is 0.148. The molecule has 0 spiro atoms. The molecule has 0 amide bonds. The number of imidazole rings is 1. The number of aromatic nitrogens is 2. The fraction of sp³-hybridized carbons (Fsp3) is 0.353. The van der Waals surface area contributed by atoms with Crippen LogP contribution in [0.1, 0.15) is 45.4 Å². The SMILES string of the molecule is CCCCCCC(CCOCCOC)(C(=O)O)n1c(-c2ccccc2)nc(-c2ccccc2)c1-c1ccccc1. The van der Waals surface area contributed by atoms with Crippen LogP contribution in [0.25, 0.3) is 33.9 Å². The summed E-state index contributed by atoms with van der Waals surface area (Å²) >= 11 is 0. The van der Waals surface area contributed by atoms with Gasteiger partial charge in [-0.05, 0) is 6.42 Å². The third-order valence-electron chi connectivity index (χ3n) is 7.37. The van der Waals surface area contributed by atoms with E-state index in [4.69, 9.17) is 14.5 Å². The van der Waals surface area contributed by atoms with Crippen molar-refractivity contribution >= 4 is 5.97 Å². The second-order valence-electron chi connectivity index (χ2n) is 10.1. The summed E-state index contributed by atoms with van der Waals surface area (Å²) in [5.41, 5.74) is 3.05.